The Bertz CT molecular complexity index is 1040. The molecule has 0 radical (unpaired) electrons. The van der Waals surface area contributed by atoms with Crippen LogP contribution in [0.3, 0.4) is 0 Å². The molecule has 0 heterocycles. The first-order valence-corrected chi connectivity index (χ1v) is 10.1. The van der Waals surface area contributed by atoms with Crippen molar-refractivity contribution < 1.29 is 14.0 Å². The number of thioether (sulfide) groups is 1. The van der Waals surface area contributed by atoms with Crippen LogP contribution in [0.4, 0.5) is 15.8 Å². The van der Waals surface area contributed by atoms with E-state index in [0.29, 0.717) is 11.3 Å². The molecule has 0 aliphatic rings. The van der Waals surface area contributed by atoms with Gasteiger partial charge in [-0.05, 0) is 79.6 Å². The Kier molecular flexibility index (Phi) is 6.67. The molecule has 2 N–H and O–H groups in total. The summed E-state index contributed by atoms with van der Waals surface area (Å²) in [5, 5.41) is 5.67. The van der Waals surface area contributed by atoms with E-state index in [0.717, 1.165) is 16.1 Å². The first-order valence-electron chi connectivity index (χ1n) is 9.07. The quantitative estimate of drug-likeness (QED) is 0.535. The normalized spacial score (nSPS) is 10.4. The van der Waals surface area contributed by atoms with Crippen LogP contribution in [0.25, 0.3) is 0 Å². The Morgan fingerprint density at radius 1 is 0.862 bits per heavy atom. The van der Waals surface area contributed by atoms with Crippen LogP contribution in [-0.2, 0) is 4.79 Å². The first kappa shape index (κ1) is 20.6. The third-order valence-corrected chi connectivity index (χ3v) is 5.35. The standard InChI is InChI=1S/C23H21FN2O2S/c1-15-6-11-20(12-16(15)2)25-22(27)14-29-21-5-3-4-19(13-21)26-23(28)17-7-9-18(24)10-8-17/h3-13H,14H2,1-2H3,(H,25,27)(H,26,28). The van der Waals surface area contributed by atoms with Gasteiger partial charge in [-0.1, -0.05) is 12.1 Å². The minimum Gasteiger partial charge on any atom is -0.325 e. The van der Waals surface area contributed by atoms with E-state index in [9.17, 15) is 14.0 Å². The lowest BCUT2D eigenvalue weighted by atomic mass is 10.1. The van der Waals surface area contributed by atoms with Crippen LogP contribution in [-0.4, -0.2) is 17.6 Å². The topological polar surface area (TPSA) is 58.2 Å². The van der Waals surface area contributed by atoms with E-state index in [1.807, 2.05) is 44.2 Å². The zero-order chi connectivity index (χ0) is 20.8. The highest BCUT2D eigenvalue weighted by molar-refractivity contribution is 8.00. The molecule has 0 bridgehead atoms. The van der Waals surface area contributed by atoms with Gasteiger partial charge in [-0.3, -0.25) is 9.59 Å². The lowest BCUT2D eigenvalue weighted by molar-refractivity contribution is -0.113. The molecule has 2 amide bonds. The monoisotopic (exact) mass is 408 g/mol. The van der Waals surface area contributed by atoms with Crippen molar-refractivity contribution in [3.8, 4) is 0 Å². The van der Waals surface area contributed by atoms with E-state index >= 15 is 0 Å². The van der Waals surface area contributed by atoms with Gasteiger partial charge >= 0.3 is 0 Å². The minimum atomic E-state index is -0.390. The Balaban J connectivity index is 1.56. The number of nitrogens with one attached hydrogen (secondary N) is 2. The zero-order valence-electron chi connectivity index (χ0n) is 16.2. The molecule has 0 unspecified atom stereocenters. The molecule has 6 heteroatoms. The number of anilines is 2. The Morgan fingerprint density at radius 2 is 1.59 bits per heavy atom. The van der Waals surface area contributed by atoms with E-state index in [1.54, 1.807) is 12.1 Å². The largest absolute Gasteiger partial charge is 0.325 e. The van der Waals surface area contributed by atoms with Crippen LogP contribution < -0.4 is 10.6 Å². The molecule has 0 aliphatic heterocycles. The van der Waals surface area contributed by atoms with Gasteiger partial charge in [0.2, 0.25) is 5.91 Å². The molecule has 3 aromatic rings. The molecule has 148 valence electrons. The minimum absolute atomic E-state index is 0.0981. The van der Waals surface area contributed by atoms with E-state index in [1.165, 1.54) is 41.6 Å². The second-order valence-corrected chi connectivity index (χ2v) is 7.67. The van der Waals surface area contributed by atoms with Crippen LogP contribution in [0, 0.1) is 19.7 Å². The smallest absolute Gasteiger partial charge is 0.255 e. The van der Waals surface area contributed by atoms with Crippen LogP contribution in [0.1, 0.15) is 21.5 Å². The van der Waals surface area contributed by atoms with E-state index in [2.05, 4.69) is 10.6 Å². The summed E-state index contributed by atoms with van der Waals surface area (Å²) in [5.74, 6) is -0.555. The maximum absolute atomic E-state index is 13.0. The zero-order valence-corrected chi connectivity index (χ0v) is 17.0. The van der Waals surface area contributed by atoms with Crippen molar-refractivity contribution in [3.05, 3.63) is 89.2 Å². The highest BCUT2D eigenvalue weighted by Crippen LogP contribution is 2.23. The third-order valence-electron chi connectivity index (χ3n) is 4.36. The van der Waals surface area contributed by atoms with Crippen molar-refractivity contribution in [2.75, 3.05) is 16.4 Å². The van der Waals surface area contributed by atoms with Crippen molar-refractivity contribution >= 4 is 35.0 Å². The predicted molar refractivity (Wildman–Crippen MR) is 116 cm³/mol. The van der Waals surface area contributed by atoms with Gasteiger partial charge < -0.3 is 10.6 Å². The molecule has 29 heavy (non-hydrogen) atoms. The number of rotatable bonds is 6. The van der Waals surface area contributed by atoms with Gasteiger partial charge in [0, 0.05) is 21.8 Å². The number of hydrogen-bond donors (Lipinski definition) is 2. The van der Waals surface area contributed by atoms with Gasteiger partial charge in [0.25, 0.3) is 5.91 Å². The fraction of sp³-hybridized carbons (Fsp3) is 0.130. The molecular formula is C23H21FN2O2S. The van der Waals surface area contributed by atoms with E-state index < -0.39 is 0 Å². The average Bonchev–Trinajstić information content (AvgIpc) is 2.70. The van der Waals surface area contributed by atoms with Gasteiger partial charge in [-0.2, -0.15) is 0 Å². The van der Waals surface area contributed by atoms with Gasteiger partial charge in [0.15, 0.2) is 0 Å². The lowest BCUT2D eigenvalue weighted by Gasteiger charge is -2.09. The molecule has 0 aromatic heterocycles. The fourth-order valence-corrected chi connectivity index (χ4v) is 3.39. The second kappa shape index (κ2) is 9.39. The Labute approximate surface area is 173 Å². The summed E-state index contributed by atoms with van der Waals surface area (Å²) in [5.41, 5.74) is 4.06. The maximum Gasteiger partial charge on any atom is 0.255 e. The highest BCUT2D eigenvalue weighted by Gasteiger charge is 2.08. The van der Waals surface area contributed by atoms with E-state index in [4.69, 9.17) is 0 Å². The Morgan fingerprint density at radius 3 is 2.31 bits per heavy atom. The summed E-state index contributed by atoms with van der Waals surface area (Å²) in [7, 11) is 0. The van der Waals surface area contributed by atoms with Crippen LogP contribution in [0.5, 0.6) is 0 Å². The summed E-state index contributed by atoms with van der Waals surface area (Å²) >= 11 is 1.38. The van der Waals surface area contributed by atoms with Crippen molar-refractivity contribution in [2.24, 2.45) is 0 Å². The number of aryl methyl sites for hydroxylation is 2. The summed E-state index contributed by atoms with van der Waals surface area (Å²) in [6, 6.07) is 18.4. The number of benzene rings is 3. The maximum atomic E-state index is 13.0. The lowest BCUT2D eigenvalue weighted by Crippen LogP contribution is -2.14. The molecule has 3 aromatic carbocycles. The summed E-state index contributed by atoms with van der Waals surface area (Å²) in [6.07, 6.45) is 0. The molecule has 4 nitrogen and oxygen atoms in total. The third kappa shape index (κ3) is 5.93. The highest BCUT2D eigenvalue weighted by atomic mass is 32.2. The summed E-state index contributed by atoms with van der Waals surface area (Å²) in [4.78, 5) is 25.3. The van der Waals surface area contributed by atoms with Crippen molar-refractivity contribution in [1.82, 2.24) is 0 Å². The molecule has 3 rings (SSSR count). The van der Waals surface area contributed by atoms with Crippen molar-refractivity contribution in [3.63, 3.8) is 0 Å². The Hall–Kier alpha value is -3.12. The van der Waals surface area contributed by atoms with Crippen molar-refractivity contribution in [2.45, 2.75) is 18.7 Å². The second-order valence-electron chi connectivity index (χ2n) is 6.62. The number of carbonyl (C=O) groups is 2. The summed E-state index contributed by atoms with van der Waals surface area (Å²) < 4.78 is 13.0. The van der Waals surface area contributed by atoms with Gasteiger partial charge in [0.1, 0.15) is 5.82 Å². The SMILES string of the molecule is Cc1ccc(NC(=O)CSc2cccc(NC(=O)c3ccc(F)cc3)c2)cc1C. The predicted octanol–water partition coefficient (Wildman–Crippen LogP) is 5.43. The molecule has 0 atom stereocenters. The molecule has 0 spiro atoms. The number of carbonyl (C=O) groups excluding carboxylic acids is 2. The average molecular weight is 408 g/mol. The van der Waals surface area contributed by atoms with E-state index in [-0.39, 0.29) is 23.4 Å². The molecule has 0 saturated carbocycles. The molecule has 0 saturated heterocycles. The summed E-state index contributed by atoms with van der Waals surface area (Å²) in [6.45, 7) is 4.03. The first-order chi connectivity index (χ1) is 13.9. The van der Waals surface area contributed by atoms with Crippen molar-refractivity contribution in [1.29, 1.82) is 0 Å². The number of halogens is 1. The van der Waals surface area contributed by atoms with Gasteiger partial charge in [-0.15, -0.1) is 11.8 Å². The number of amides is 2. The fourth-order valence-electron chi connectivity index (χ4n) is 2.63. The molecular weight excluding hydrogens is 387 g/mol. The number of hydrogen-bond acceptors (Lipinski definition) is 3. The van der Waals surface area contributed by atoms with Crippen LogP contribution >= 0.6 is 11.8 Å². The molecule has 0 fully saturated rings. The van der Waals surface area contributed by atoms with Gasteiger partial charge in [0.05, 0.1) is 5.75 Å². The van der Waals surface area contributed by atoms with Crippen LogP contribution in [0.2, 0.25) is 0 Å². The van der Waals surface area contributed by atoms with Gasteiger partial charge in [-0.25, -0.2) is 4.39 Å². The van der Waals surface area contributed by atoms with Crippen LogP contribution in [0.15, 0.2) is 71.6 Å². The molecule has 0 aliphatic carbocycles.